The van der Waals surface area contributed by atoms with Gasteiger partial charge in [-0.2, -0.15) is 8.42 Å². The molecule has 0 radical (unpaired) electrons. The Kier molecular flexibility index (Phi) is 9.37. The lowest BCUT2D eigenvalue weighted by Gasteiger charge is -2.35. The maximum absolute atomic E-state index is 14.2. The van der Waals surface area contributed by atoms with Gasteiger partial charge in [-0.25, -0.2) is 0 Å². The highest BCUT2D eigenvalue weighted by Gasteiger charge is 2.65. The standard InChI is InChI=1S/C41H42Br2O7S/c1-23(2)49-38-24-7-5-8-25(38)14-28-17-33(42)19-30(36(28)45)16-31-20-34(43)18-29(37(31)46)15-27-10-6-9-26(13-24)39(27)50-51(47,48)22-41-12-11-32(21-35(41)44)40(41,3)4/h5-10,17-20,23,32,45-46H,11-16,21-22H2,1-4H3/t32?,41-/m0/s1. The monoisotopic (exact) mass is 836 g/mol. The van der Waals surface area contributed by atoms with Gasteiger partial charge in [0.05, 0.1) is 17.3 Å². The second-order valence-corrected chi connectivity index (χ2v) is 18.7. The number of carbonyl (C=O) groups is 1. The number of fused-ring (bicyclic) bond motifs is 10. The third-order valence-electron chi connectivity index (χ3n) is 11.5. The summed E-state index contributed by atoms with van der Waals surface area (Å²) >= 11 is 7.25. The summed E-state index contributed by atoms with van der Waals surface area (Å²) in [6, 6.07) is 18.8. The molecule has 2 N–H and O–H groups in total. The predicted molar refractivity (Wildman–Crippen MR) is 204 cm³/mol. The van der Waals surface area contributed by atoms with Crippen LogP contribution in [0.25, 0.3) is 0 Å². The molecule has 2 saturated carbocycles. The van der Waals surface area contributed by atoms with E-state index >= 15 is 0 Å². The third kappa shape index (κ3) is 6.61. The van der Waals surface area contributed by atoms with Crippen LogP contribution in [0, 0.1) is 16.7 Å². The molecule has 7 rings (SSSR count). The molecule has 0 aliphatic heterocycles. The first kappa shape index (κ1) is 36.0. The quantitative estimate of drug-likeness (QED) is 0.164. The summed E-state index contributed by atoms with van der Waals surface area (Å²) in [6.07, 6.45) is 2.68. The maximum Gasteiger partial charge on any atom is 0.310 e. The van der Waals surface area contributed by atoms with Crippen molar-refractivity contribution in [2.24, 2.45) is 16.7 Å². The fourth-order valence-electron chi connectivity index (χ4n) is 8.69. The fourth-order valence-corrected chi connectivity index (χ4v) is 11.6. The summed E-state index contributed by atoms with van der Waals surface area (Å²) in [5.41, 5.74) is 3.98. The number of phenols is 2. The van der Waals surface area contributed by atoms with E-state index < -0.39 is 20.9 Å². The number of rotatable bonds is 6. The molecule has 7 nitrogen and oxygen atoms in total. The predicted octanol–water partition coefficient (Wildman–Crippen LogP) is 9.19. The number of benzene rings is 4. The SMILES string of the molecule is CC(C)Oc1c2cccc1Cc1cccc(c1OS(=O)(=O)C[C@@]13CCC(CC1=O)C3(C)C)Cc1cc(Br)cc(c1O)Cc1cc(Br)cc(c1O)C2. The van der Waals surface area contributed by atoms with Crippen molar-refractivity contribution in [3.05, 3.63) is 114 Å². The average molecular weight is 839 g/mol. The van der Waals surface area contributed by atoms with Crippen LogP contribution < -0.4 is 8.92 Å². The van der Waals surface area contributed by atoms with Gasteiger partial charge < -0.3 is 19.1 Å². The number of hydrogen-bond acceptors (Lipinski definition) is 7. The summed E-state index contributed by atoms with van der Waals surface area (Å²) < 4.78 is 42.7. The van der Waals surface area contributed by atoms with Crippen LogP contribution in [0.4, 0.5) is 0 Å². The lowest BCUT2D eigenvalue weighted by atomic mass is 9.70. The Morgan fingerprint density at radius 1 is 0.765 bits per heavy atom. The molecule has 4 aromatic rings. The van der Waals surface area contributed by atoms with E-state index in [1.165, 1.54) is 0 Å². The molecule has 4 aromatic carbocycles. The van der Waals surface area contributed by atoms with Gasteiger partial charge >= 0.3 is 10.1 Å². The van der Waals surface area contributed by atoms with Crippen molar-refractivity contribution in [3.63, 3.8) is 0 Å². The number of hydrogen-bond donors (Lipinski definition) is 2. The number of carbonyl (C=O) groups excluding carboxylic acids is 1. The van der Waals surface area contributed by atoms with Gasteiger partial charge in [-0.1, -0.05) is 82.1 Å². The fraction of sp³-hybridized carbons (Fsp3) is 0.390. The molecule has 0 amide bonds. The first-order chi connectivity index (χ1) is 24.1. The largest absolute Gasteiger partial charge is 0.507 e. The number of Topliss-reactive ketones (excluding diaryl/α,β-unsaturated/α-hetero) is 1. The lowest BCUT2D eigenvalue weighted by molar-refractivity contribution is -0.128. The second kappa shape index (κ2) is 13.3. The molecular weight excluding hydrogens is 796 g/mol. The Labute approximate surface area is 316 Å². The van der Waals surface area contributed by atoms with Crippen molar-refractivity contribution in [1.82, 2.24) is 0 Å². The average Bonchev–Trinajstić information content (AvgIpc) is 3.38. The second-order valence-electron chi connectivity index (χ2n) is 15.3. The Hall–Kier alpha value is -3.34. The Bertz CT molecular complexity index is 2180. The van der Waals surface area contributed by atoms with E-state index in [4.69, 9.17) is 8.92 Å². The van der Waals surface area contributed by atoms with Gasteiger partial charge in [-0.15, -0.1) is 0 Å². The summed E-state index contributed by atoms with van der Waals surface area (Å²) in [5.74, 6) is 0.865. The number of ether oxygens (including phenoxy) is 1. The highest BCUT2D eigenvalue weighted by Crippen LogP contribution is 2.64. The normalized spacial score (nSPS) is 20.8. The zero-order valence-electron chi connectivity index (χ0n) is 29.2. The van der Waals surface area contributed by atoms with E-state index in [9.17, 15) is 23.4 Å². The molecular formula is C41H42Br2O7S. The topological polar surface area (TPSA) is 110 Å². The molecule has 2 fully saturated rings. The first-order valence-corrected chi connectivity index (χ1v) is 20.6. The molecule has 3 aliphatic carbocycles. The Morgan fingerprint density at radius 3 is 1.61 bits per heavy atom. The van der Waals surface area contributed by atoms with Gasteiger partial charge in [0.15, 0.2) is 0 Å². The zero-order chi connectivity index (χ0) is 36.5. The van der Waals surface area contributed by atoms with Crippen molar-refractivity contribution in [2.75, 3.05) is 5.75 Å². The molecule has 0 heterocycles. The molecule has 10 bridgehead atoms. The van der Waals surface area contributed by atoms with E-state index in [0.717, 1.165) is 26.5 Å². The molecule has 1 unspecified atom stereocenters. The van der Waals surface area contributed by atoms with Gasteiger partial charge in [0.25, 0.3) is 0 Å². The number of ketones is 1. The van der Waals surface area contributed by atoms with Crippen molar-refractivity contribution in [2.45, 2.75) is 78.7 Å². The zero-order valence-corrected chi connectivity index (χ0v) is 33.2. The van der Waals surface area contributed by atoms with Crippen LogP contribution >= 0.6 is 31.9 Å². The smallest absolute Gasteiger partial charge is 0.310 e. The minimum atomic E-state index is -4.26. The van der Waals surface area contributed by atoms with Crippen LogP contribution in [0.2, 0.25) is 0 Å². The van der Waals surface area contributed by atoms with Gasteiger partial charge in [0, 0.05) is 52.2 Å². The van der Waals surface area contributed by atoms with Gasteiger partial charge in [-0.05, 0) is 95.7 Å². The lowest BCUT2D eigenvalue weighted by Crippen LogP contribution is -2.43. The molecule has 0 aromatic heterocycles. The van der Waals surface area contributed by atoms with Crippen LogP contribution in [-0.2, 0) is 40.6 Å². The third-order valence-corrected chi connectivity index (χ3v) is 13.7. The first-order valence-electron chi connectivity index (χ1n) is 17.4. The van der Waals surface area contributed by atoms with Crippen LogP contribution in [0.15, 0.2) is 69.6 Å². The molecule has 0 spiro atoms. The van der Waals surface area contributed by atoms with E-state index in [1.807, 2.05) is 88.4 Å². The highest BCUT2D eigenvalue weighted by atomic mass is 79.9. The molecule has 10 heteroatoms. The minimum absolute atomic E-state index is 0.00709. The van der Waals surface area contributed by atoms with Crippen LogP contribution in [0.1, 0.15) is 91.5 Å². The molecule has 268 valence electrons. The maximum atomic E-state index is 14.2. The van der Waals surface area contributed by atoms with Crippen molar-refractivity contribution < 1.29 is 32.3 Å². The van der Waals surface area contributed by atoms with Gasteiger partial charge in [0.2, 0.25) is 0 Å². The van der Waals surface area contributed by atoms with E-state index in [2.05, 4.69) is 31.9 Å². The molecule has 2 atom stereocenters. The number of phenolic OH excluding ortho intramolecular Hbond substituents is 2. The van der Waals surface area contributed by atoms with E-state index in [-0.39, 0.29) is 60.1 Å². The summed E-state index contributed by atoms with van der Waals surface area (Å²) in [5, 5.41) is 23.2. The number of halogens is 2. The molecule has 51 heavy (non-hydrogen) atoms. The minimum Gasteiger partial charge on any atom is -0.507 e. The summed E-state index contributed by atoms with van der Waals surface area (Å²) in [6.45, 7) is 7.95. The number of para-hydroxylation sites is 2. The van der Waals surface area contributed by atoms with E-state index in [1.54, 1.807) is 0 Å². The van der Waals surface area contributed by atoms with Crippen LogP contribution in [-0.4, -0.2) is 36.3 Å². The Morgan fingerprint density at radius 2 is 1.20 bits per heavy atom. The Balaban J connectivity index is 1.40. The molecule has 3 aliphatic rings. The van der Waals surface area contributed by atoms with Gasteiger partial charge in [-0.3, -0.25) is 4.79 Å². The van der Waals surface area contributed by atoms with Crippen molar-refractivity contribution in [1.29, 1.82) is 0 Å². The number of aromatic hydroxyl groups is 2. The van der Waals surface area contributed by atoms with Gasteiger partial charge in [0.1, 0.15) is 28.8 Å². The summed E-state index contributed by atoms with van der Waals surface area (Å²) in [4.78, 5) is 13.4. The van der Waals surface area contributed by atoms with Crippen molar-refractivity contribution >= 4 is 47.8 Å². The summed E-state index contributed by atoms with van der Waals surface area (Å²) in [7, 11) is -4.26. The van der Waals surface area contributed by atoms with Crippen molar-refractivity contribution in [3.8, 4) is 23.0 Å². The van der Waals surface area contributed by atoms with Crippen LogP contribution in [0.5, 0.6) is 23.0 Å². The van der Waals surface area contributed by atoms with Crippen LogP contribution in [0.3, 0.4) is 0 Å². The molecule has 0 saturated heterocycles. The van der Waals surface area contributed by atoms with E-state index in [0.29, 0.717) is 58.4 Å². The highest BCUT2D eigenvalue weighted by molar-refractivity contribution is 9.10.